The first-order valence-electron chi connectivity index (χ1n) is 12.9. The molecule has 0 radical (unpaired) electrons. The van der Waals surface area contributed by atoms with Crippen molar-refractivity contribution >= 4 is 23.2 Å². The van der Waals surface area contributed by atoms with Crippen LogP contribution in [0.25, 0.3) is 10.4 Å². The number of amides is 2. The molecule has 37 heavy (non-hydrogen) atoms. The van der Waals surface area contributed by atoms with Crippen molar-refractivity contribution in [3.63, 3.8) is 0 Å². The monoisotopic (exact) mass is 523 g/mol. The predicted octanol–water partition coefficient (Wildman–Crippen LogP) is 4.78. The highest BCUT2D eigenvalue weighted by Gasteiger charge is 2.40. The molecule has 1 aromatic carbocycles. The van der Waals surface area contributed by atoms with Crippen LogP contribution < -0.4 is 5.32 Å². The molecule has 8 nitrogen and oxygen atoms in total. The van der Waals surface area contributed by atoms with Gasteiger partial charge in [-0.05, 0) is 57.8 Å². The average Bonchev–Trinajstić information content (AvgIpc) is 3.60. The molecule has 1 fully saturated rings. The molecule has 2 aromatic heterocycles. The summed E-state index contributed by atoms with van der Waals surface area (Å²) < 4.78 is 5.60. The quantitative estimate of drug-likeness (QED) is 0.434. The maximum Gasteiger partial charge on any atom is 0.243 e. The molecule has 198 valence electrons. The summed E-state index contributed by atoms with van der Waals surface area (Å²) in [6.07, 6.45) is 1.45. The Morgan fingerprint density at radius 1 is 1.22 bits per heavy atom. The summed E-state index contributed by atoms with van der Waals surface area (Å²) in [4.78, 5) is 36.3. The third-order valence-electron chi connectivity index (χ3n) is 6.91. The second-order valence-electron chi connectivity index (χ2n) is 10.5. The highest BCUT2D eigenvalue weighted by molar-refractivity contribution is 7.13. The van der Waals surface area contributed by atoms with E-state index in [2.05, 4.69) is 27.6 Å². The lowest BCUT2D eigenvalue weighted by molar-refractivity contribution is -0.141. The third kappa shape index (κ3) is 6.10. The fourth-order valence-corrected chi connectivity index (χ4v) is 5.80. The van der Waals surface area contributed by atoms with Gasteiger partial charge in [0.05, 0.1) is 27.8 Å². The van der Waals surface area contributed by atoms with Gasteiger partial charge in [-0.3, -0.25) is 9.59 Å². The molecule has 1 aliphatic rings. The van der Waals surface area contributed by atoms with E-state index < -0.39 is 12.0 Å². The number of nitrogens with zero attached hydrogens (tertiary/aromatic N) is 4. The van der Waals surface area contributed by atoms with Crippen LogP contribution >= 0.6 is 11.3 Å². The van der Waals surface area contributed by atoms with E-state index >= 15 is 0 Å². The summed E-state index contributed by atoms with van der Waals surface area (Å²) in [5.41, 5.74) is 5.80. The summed E-state index contributed by atoms with van der Waals surface area (Å²) in [6, 6.07) is 9.43. The van der Waals surface area contributed by atoms with E-state index in [9.17, 15) is 9.59 Å². The van der Waals surface area contributed by atoms with E-state index in [1.165, 1.54) is 0 Å². The lowest BCUT2D eigenvalue weighted by atomic mass is 9.91. The Morgan fingerprint density at radius 2 is 1.95 bits per heavy atom. The van der Waals surface area contributed by atoms with Crippen molar-refractivity contribution < 1.29 is 14.1 Å². The Hall–Kier alpha value is -3.04. The van der Waals surface area contributed by atoms with Crippen LogP contribution in [0, 0.1) is 12.8 Å². The number of rotatable bonds is 9. The first kappa shape index (κ1) is 27.0. The summed E-state index contributed by atoms with van der Waals surface area (Å²) in [5, 5.41) is 7.29. The number of likely N-dealkylation sites (tertiary alicyclic amines) is 1. The maximum absolute atomic E-state index is 13.7. The molecular formula is C28H37N5O3S. The minimum absolute atomic E-state index is 0.0107. The van der Waals surface area contributed by atoms with Crippen LogP contribution in [0.4, 0.5) is 0 Å². The molecule has 0 bridgehead atoms. The van der Waals surface area contributed by atoms with Gasteiger partial charge in [0.25, 0.3) is 0 Å². The van der Waals surface area contributed by atoms with Crippen LogP contribution in [0.3, 0.4) is 0 Å². The van der Waals surface area contributed by atoms with Crippen LogP contribution in [-0.4, -0.2) is 58.4 Å². The van der Waals surface area contributed by atoms with E-state index in [0.29, 0.717) is 25.3 Å². The van der Waals surface area contributed by atoms with E-state index in [4.69, 9.17) is 4.52 Å². The topological polar surface area (TPSA) is 91.6 Å². The van der Waals surface area contributed by atoms with Gasteiger partial charge in [0.2, 0.25) is 11.8 Å². The van der Waals surface area contributed by atoms with E-state index in [-0.39, 0.29) is 23.8 Å². The Kier molecular flexibility index (Phi) is 8.44. The van der Waals surface area contributed by atoms with Crippen molar-refractivity contribution in [3.8, 4) is 10.4 Å². The number of carbonyl (C=O) groups is 2. The number of nitrogens with one attached hydrogen (secondary N) is 1. The summed E-state index contributed by atoms with van der Waals surface area (Å²) in [7, 11) is 3.93. The van der Waals surface area contributed by atoms with Gasteiger partial charge in [-0.25, -0.2) is 4.98 Å². The van der Waals surface area contributed by atoms with Crippen molar-refractivity contribution in [2.45, 2.75) is 65.1 Å². The minimum Gasteiger partial charge on any atom is -0.360 e. The molecule has 9 heteroatoms. The molecule has 0 spiro atoms. The van der Waals surface area contributed by atoms with Crippen LogP contribution in [0.2, 0.25) is 0 Å². The van der Waals surface area contributed by atoms with E-state index in [1.807, 2.05) is 70.4 Å². The van der Waals surface area contributed by atoms with Crippen LogP contribution in [0.5, 0.6) is 0 Å². The zero-order valence-electron chi connectivity index (χ0n) is 22.5. The molecule has 3 unspecified atom stereocenters. The normalized spacial score (nSPS) is 17.4. The number of hydrogen-bond acceptors (Lipinski definition) is 7. The Labute approximate surface area is 223 Å². The molecule has 1 N–H and O–H groups in total. The van der Waals surface area contributed by atoms with Crippen molar-refractivity contribution in [2.75, 3.05) is 20.6 Å². The van der Waals surface area contributed by atoms with E-state index in [1.54, 1.807) is 16.2 Å². The van der Waals surface area contributed by atoms with Crippen LogP contribution in [0.1, 0.15) is 68.3 Å². The third-order valence-corrected chi connectivity index (χ3v) is 7.89. The van der Waals surface area contributed by atoms with Gasteiger partial charge in [-0.1, -0.05) is 43.3 Å². The zero-order chi connectivity index (χ0) is 26.7. The van der Waals surface area contributed by atoms with Gasteiger partial charge < -0.3 is 19.6 Å². The molecule has 0 saturated carbocycles. The van der Waals surface area contributed by atoms with Crippen LogP contribution in [-0.2, 0) is 16.1 Å². The fourth-order valence-electron chi connectivity index (χ4n) is 4.99. The highest BCUT2D eigenvalue weighted by Crippen LogP contribution is 2.32. The largest absolute Gasteiger partial charge is 0.360 e. The average molecular weight is 524 g/mol. The first-order valence-corrected chi connectivity index (χ1v) is 13.7. The lowest BCUT2D eigenvalue weighted by Crippen LogP contribution is -2.48. The molecule has 0 aliphatic carbocycles. The SMILES string of the molecule is Cc1ncsc1-c1ccc(C(C)NC(=O)C2CCCN2C(=O)C(c2cc(CN(C)C)no2)C(C)C)cc1. The first-order chi connectivity index (χ1) is 17.7. The predicted molar refractivity (Wildman–Crippen MR) is 145 cm³/mol. The van der Waals surface area contributed by atoms with Gasteiger partial charge >= 0.3 is 0 Å². The lowest BCUT2D eigenvalue weighted by Gasteiger charge is -2.29. The molecule has 3 atom stereocenters. The molecule has 1 aliphatic heterocycles. The highest BCUT2D eigenvalue weighted by atomic mass is 32.1. The zero-order valence-corrected chi connectivity index (χ0v) is 23.3. The molecule has 4 rings (SSSR count). The summed E-state index contributed by atoms with van der Waals surface area (Å²) >= 11 is 1.62. The number of carbonyl (C=O) groups excluding carboxylic acids is 2. The number of thiazole rings is 1. The Bertz CT molecular complexity index is 1220. The van der Waals surface area contributed by atoms with E-state index in [0.717, 1.165) is 33.8 Å². The summed E-state index contributed by atoms with van der Waals surface area (Å²) in [5.74, 6) is -0.0904. The smallest absolute Gasteiger partial charge is 0.243 e. The molecule has 3 aromatic rings. The fraction of sp³-hybridized carbons (Fsp3) is 0.500. The second kappa shape index (κ2) is 11.6. The number of aromatic nitrogens is 2. The van der Waals surface area contributed by atoms with Gasteiger partial charge in [-0.15, -0.1) is 11.3 Å². The standard InChI is InChI=1S/C28H37N5O3S/c1-17(2)25(24-14-22(31-36-24)15-32(5)6)28(35)33-13-7-8-23(33)27(34)30-18(3)20-9-11-21(12-10-20)26-19(4)29-16-37-26/h9-12,14,16-18,23,25H,7-8,13,15H2,1-6H3,(H,30,34). The number of aryl methyl sites for hydroxylation is 1. The minimum atomic E-state index is -0.487. The molecule has 3 heterocycles. The number of benzene rings is 1. The van der Waals surface area contributed by atoms with Gasteiger partial charge in [-0.2, -0.15) is 0 Å². The van der Waals surface area contributed by atoms with Gasteiger partial charge in [0.1, 0.15) is 17.7 Å². The van der Waals surface area contributed by atoms with Crippen LogP contribution in [0.15, 0.2) is 40.4 Å². The summed E-state index contributed by atoms with van der Waals surface area (Å²) in [6.45, 7) is 9.19. The Morgan fingerprint density at radius 3 is 2.57 bits per heavy atom. The number of hydrogen-bond donors (Lipinski definition) is 1. The van der Waals surface area contributed by atoms with Crippen molar-refractivity contribution in [1.29, 1.82) is 0 Å². The maximum atomic E-state index is 13.7. The van der Waals surface area contributed by atoms with Crippen molar-refractivity contribution in [1.82, 2.24) is 25.3 Å². The Balaban J connectivity index is 1.44. The van der Waals surface area contributed by atoms with Gasteiger partial charge in [0, 0.05) is 19.2 Å². The van der Waals surface area contributed by atoms with Crippen molar-refractivity contribution in [2.24, 2.45) is 5.92 Å². The van der Waals surface area contributed by atoms with Gasteiger partial charge in [0.15, 0.2) is 0 Å². The molecule has 2 amide bonds. The molecular weight excluding hydrogens is 486 g/mol. The second-order valence-corrected chi connectivity index (χ2v) is 11.3. The molecule has 1 saturated heterocycles. The van der Waals surface area contributed by atoms with Crippen molar-refractivity contribution in [3.05, 3.63) is 58.6 Å².